The van der Waals surface area contributed by atoms with Gasteiger partial charge in [0.2, 0.25) is 0 Å². The van der Waals surface area contributed by atoms with Gasteiger partial charge in [-0.05, 0) is 51.0 Å². The number of nitrogens with two attached hydrogens (primary N) is 1. The zero-order valence-corrected chi connectivity index (χ0v) is 10.2. The van der Waals surface area contributed by atoms with Gasteiger partial charge in [-0.2, -0.15) is 0 Å². The Morgan fingerprint density at radius 3 is 2.76 bits per heavy atom. The van der Waals surface area contributed by atoms with Crippen LogP contribution in [0.4, 0.5) is 11.4 Å². The lowest BCUT2D eigenvalue weighted by Crippen LogP contribution is -2.16. The van der Waals surface area contributed by atoms with Crippen LogP contribution in [0.2, 0.25) is 0 Å². The molecule has 0 radical (unpaired) electrons. The molecule has 1 aliphatic carbocycles. The van der Waals surface area contributed by atoms with E-state index in [-0.39, 0.29) is 5.54 Å². The minimum absolute atomic E-state index is 0.269. The fourth-order valence-electron chi connectivity index (χ4n) is 2.12. The van der Waals surface area contributed by atoms with Crippen molar-refractivity contribution in [3.63, 3.8) is 0 Å². The van der Waals surface area contributed by atoms with Gasteiger partial charge >= 0.3 is 0 Å². The molecule has 0 spiro atoms. The molecule has 0 amide bonds. The second kappa shape index (κ2) is 3.36. The topological polar surface area (TPSA) is 50.9 Å². The van der Waals surface area contributed by atoms with Gasteiger partial charge in [0.05, 0.1) is 5.52 Å². The summed E-state index contributed by atoms with van der Waals surface area (Å²) in [5, 5.41) is 4.72. The molecule has 3 nitrogen and oxygen atoms in total. The van der Waals surface area contributed by atoms with Crippen LogP contribution >= 0.6 is 0 Å². The third-order valence-corrected chi connectivity index (χ3v) is 3.40. The molecular weight excluding hydrogens is 210 g/mol. The van der Waals surface area contributed by atoms with Crippen molar-refractivity contribution in [3.8, 4) is 0 Å². The Balaban J connectivity index is 2.16. The number of fused-ring (bicyclic) bond motifs is 1. The van der Waals surface area contributed by atoms with Gasteiger partial charge in [0.1, 0.15) is 0 Å². The Hall–Kier alpha value is -1.77. The normalized spacial score (nSPS) is 17.1. The van der Waals surface area contributed by atoms with E-state index < -0.39 is 0 Å². The molecule has 17 heavy (non-hydrogen) atoms. The van der Waals surface area contributed by atoms with E-state index in [1.165, 1.54) is 12.8 Å². The summed E-state index contributed by atoms with van der Waals surface area (Å²) >= 11 is 0. The lowest BCUT2D eigenvalue weighted by molar-refractivity contribution is 0.830. The fourth-order valence-corrected chi connectivity index (χ4v) is 2.12. The Morgan fingerprint density at radius 1 is 1.29 bits per heavy atom. The SMILES string of the molecule is Cc1cc(NC2(C)CC2)c2cc(N)ccc2n1. The Kier molecular flexibility index (Phi) is 2.05. The highest BCUT2D eigenvalue weighted by Crippen LogP contribution is 2.40. The molecule has 1 saturated carbocycles. The Labute approximate surface area is 101 Å². The van der Waals surface area contributed by atoms with E-state index in [4.69, 9.17) is 5.73 Å². The third-order valence-electron chi connectivity index (χ3n) is 3.40. The molecule has 1 aliphatic rings. The first kappa shape index (κ1) is 10.4. The highest BCUT2D eigenvalue weighted by atomic mass is 15.0. The molecule has 3 N–H and O–H groups in total. The molecule has 3 rings (SSSR count). The Morgan fingerprint density at radius 2 is 2.06 bits per heavy atom. The predicted molar refractivity (Wildman–Crippen MR) is 72.2 cm³/mol. The zero-order chi connectivity index (χ0) is 12.0. The molecule has 88 valence electrons. The van der Waals surface area contributed by atoms with Crippen LogP contribution in [-0.2, 0) is 0 Å². The van der Waals surface area contributed by atoms with Crippen LogP contribution in [0.15, 0.2) is 24.3 Å². The highest BCUT2D eigenvalue weighted by Gasteiger charge is 2.37. The molecule has 1 heterocycles. The number of hydrogen-bond acceptors (Lipinski definition) is 3. The van der Waals surface area contributed by atoms with Crippen molar-refractivity contribution >= 4 is 22.3 Å². The van der Waals surface area contributed by atoms with Gasteiger partial charge in [-0.3, -0.25) is 4.98 Å². The second-order valence-corrected chi connectivity index (χ2v) is 5.27. The summed E-state index contributed by atoms with van der Waals surface area (Å²) in [6.45, 7) is 4.27. The first-order valence-corrected chi connectivity index (χ1v) is 6.01. The summed E-state index contributed by atoms with van der Waals surface area (Å²) in [7, 11) is 0. The van der Waals surface area contributed by atoms with Crippen molar-refractivity contribution < 1.29 is 0 Å². The van der Waals surface area contributed by atoms with E-state index in [0.29, 0.717) is 0 Å². The van der Waals surface area contributed by atoms with Crippen LogP contribution in [0, 0.1) is 6.92 Å². The van der Waals surface area contributed by atoms with Crippen molar-refractivity contribution in [3.05, 3.63) is 30.0 Å². The molecule has 1 fully saturated rings. The lowest BCUT2D eigenvalue weighted by Gasteiger charge is -2.16. The molecule has 1 aromatic carbocycles. The number of aromatic nitrogens is 1. The number of benzene rings is 1. The van der Waals surface area contributed by atoms with Crippen LogP contribution < -0.4 is 11.1 Å². The number of anilines is 2. The summed E-state index contributed by atoms with van der Waals surface area (Å²) in [6, 6.07) is 7.98. The van der Waals surface area contributed by atoms with E-state index in [9.17, 15) is 0 Å². The van der Waals surface area contributed by atoms with Crippen LogP contribution in [-0.4, -0.2) is 10.5 Å². The molecule has 0 atom stereocenters. The third kappa shape index (κ3) is 1.93. The van der Waals surface area contributed by atoms with Crippen LogP contribution in [0.3, 0.4) is 0 Å². The average molecular weight is 227 g/mol. The standard InChI is InChI=1S/C14H17N3/c1-9-7-13(17-14(2)5-6-14)11-8-10(15)3-4-12(11)16-9/h3-4,7-8H,5-6,15H2,1-2H3,(H,16,17). The van der Waals surface area contributed by atoms with E-state index >= 15 is 0 Å². The van der Waals surface area contributed by atoms with E-state index in [1.807, 2.05) is 25.1 Å². The molecule has 3 heteroatoms. The number of pyridine rings is 1. The molecule has 0 bridgehead atoms. The molecular formula is C14H17N3. The van der Waals surface area contributed by atoms with Crippen LogP contribution in [0.25, 0.3) is 10.9 Å². The zero-order valence-electron chi connectivity index (χ0n) is 10.2. The maximum Gasteiger partial charge on any atom is 0.0727 e. The van der Waals surface area contributed by atoms with Crippen molar-refractivity contribution in [1.82, 2.24) is 4.98 Å². The van der Waals surface area contributed by atoms with Gasteiger partial charge in [0.25, 0.3) is 0 Å². The molecule has 0 aliphatic heterocycles. The molecule has 0 saturated heterocycles. The number of nitrogens with zero attached hydrogens (tertiary/aromatic N) is 1. The summed E-state index contributed by atoms with van der Waals surface area (Å²) < 4.78 is 0. The molecule has 0 unspecified atom stereocenters. The van der Waals surface area contributed by atoms with Crippen LogP contribution in [0.1, 0.15) is 25.5 Å². The Bertz CT molecular complexity index is 585. The lowest BCUT2D eigenvalue weighted by atomic mass is 10.1. The van der Waals surface area contributed by atoms with Gasteiger partial charge in [0.15, 0.2) is 0 Å². The van der Waals surface area contributed by atoms with Crippen molar-refractivity contribution in [2.75, 3.05) is 11.1 Å². The minimum Gasteiger partial charge on any atom is -0.399 e. The van der Waals surface area contributed by atoms with Gasteiger partial charge in [-0.1, -0.05) is 0 Å². The van der Waals surface area contributed by atoms with Crippen molar-refractivity contribution in [2.24, 2.45) is 0 Å². The number of aryl methyl sites for hydroxylation is 1. The first-order chi connectivity index (χ1) is 8.06. The number of nitrogens with one attached hydrogen (secondary N) is 1. The average Bonchev–Trinajstić information content (AvgIpc) is 2.97. The van der Waals surface area contributed by atoms with Gasteiger partial charge in [0, 0.05) is 28.0 Å². The maximum absolute atomic E-state index is 5.85. The first-order valence-electron chi connectivity index (χ1n) is 6.01. The number of nitrogen functional groups attached to an aromatic ring is 1. The summed E-state index contributed by atoms with van der Waals surface area (Å²) in [5.41, 5.74) is 10.1. The van der Waals surface area contributed by atoms with Crippen molar-refractivity contribution in [2.45, 2.75) is 32.2 Å². The summed E-state index contributed by atoms with van der Waals surface area (Å²) in [4.78, 5) is 4.53. The maximum atomic E-state index is 5.85. The monoisotopic (exact) mass is 227 g/mol. The van der Waals surface area contributed by atoms with Crippen LogP contribution in [0.5, 0.6) is 0 Å². The predicted octanol–water partition coefficient (Wildman–Crippen LogP) is 3.09. The van der Waals surface area contributed by atoms with Crippen molar-refractivity contribution in [1.29, 1.82) is 0 Å². The largest absolute Gasteiger partial charge is 0.399 e. The summed E-state index contributed by atoms with van der Waals surface area (Å²) in [6.07, 6.45) is 2.47. The quantitative estimate of drug-likeness (QED) is 0.775. The van der Waals surface area contributed by atoms with E-state index in [0.717, 1.165) is 28.0 Å². The van der Waals surface area contributed by atoms with Gasteiger partial charge in [-0.25, -0.2) is 0 Å². The fraction of sp³-hybridized carbons (Fsp3) is 0.357. The van der Waals surface area contributed by atoms with E-state index in [1.54, 1.807) is 0 Å². The summed E-state index contributed by atoms with van der Waals surface area (Å²) in [5.74, 6) is 0. The van der Waals surface area contributed by atoms with E-state index in [2.05, 4.69) is 23.3 Å². The smallest absolute Gasteiger partial charge is 0.0727 e. The van der Waals surface area contributed by atoms with Gasteiger partial charge in [-0.15, -0.1) is 0 Å². The van der Waals surface area contributed by atoms with Gasteiger partial charge < -0.3 is 11.1 Å². The second-order valence-electron chi connectivity index (χ2n) is 5.27. The number of hydrogen-bond donors (Lipinski definition) is 2. The number of rotatable bonds is 2. The molecule has 2 aromatic rings. The molecule has 1 aromatic heterocycles. The highest BCUT2D eigenvalue weighted by molar-refractivity contribution is 5.93. The minimum atomic E-state index is 0.269.